The predicted octanol–water partition coefficient (Wildman–Crippen LogP) is 4.23. The maximum atomic E-state index is 4.71. The fraction of sp³-hybridized carbons (Fsp3) is 0.667. The molecule has 0 saturated carbocycles. The second-order valence-corrected chi connectivity index (χ2v) is 6.88. The first-order valence-electron chi connectivity index (χ1n) is 6.71. The molecule has 18 heavy (non-hydrogen) atoms. The summed E-state index contributed by atoms with van der Waals surface area (Å²) in [5, 5.41) is 6.83. The number of hydrogen-bond acceptors (Lipinski definition) is 3. The Labute approximate surface area is 116 Å². The lowest BCUT2D eigenvalue weighted by molar-refractivity contribution is 0.585. The second kappa shape index (κ2) is 6.48. The van der Waals surface area contributed by atoms with E-state index in [0.717, 1.165) is 18.7 Å². The Morgan fingerprint density at radius 3 is 2.56 bits per heavy atom. The van der Waals surface area contributed by atoms with Gasteiger partial charge in [-0.15, -0.1) is 11.3 Å². The van der Waals surface area contributed by atoms with Gasteiger partial charge < -0.3 is 5.32 Å². The van der Waals surface area contributed by atoms with Crippen molar-refractivity contribution in [3.8, 4) is 0 Å². The third-order valence-corrected chi connectivity index (χ3v) is 3.99. The Morgan fingerprint density at radius 1 is 1.44 bits per heavy atom. The van der Waals surface area contributed by atoms with Crippen LogP contribution in [0.2, 0.25) is 0 Å². The van der Waals surface area contributed by atoms with Crippen LogP contribution in [0.1, 0.15) is 58.7 Å². The zero-order valence-corrected chi connectivity index (χ0v) is 13.3. The van der Waals surface area contributed by atoms with Gasteiger partial charge in [-0.25, -0.2) is 4.98 Å². The third kappa shape index (κ3) is 4.91. The standard InChI is InChI=1S/C15H26N2S/c1-7-12(9-16-11(2)3)8-13-10-18-14(17-13)15(4,5)6/h8,10-11,16H,7,9H2,1-6H3. The highest BCUT2D eigenvalue weighted by atomic mass is 32.1. The molecule has 0 unspecified atom stereocenters. The van der Waals surface area contributed by atoms with Crippen molar-refractivity contribution in [1.29, 1.82) is 0 Å². The van der Waals surface area contributed by atoms with E-state index in [1.807, 2.05) is 0 Å². The highest BCUT2D eigenvalue weighted by Crippen LogP contribution is 2.26. The molecule has 0 fully saturated rings. The molecule has 0 saturated heterocycles. The highest BCUT2D eigenvalue weighted by molar-refractivity contribution is 7.09. The molecule has 0 aromatic carbocycles. The van der Waals surface area contributed by atoms with E-state index < -0.39 is 0 Å². The van der Waals surface area contributed by atoms with Crippen molar-refractivity contribution >= 4 is 17.4 Å². The van der Waals surface area contributed by atoms with Crippen LogP contribution >= 0.6 is 11.3 Å². The largest absolute Gasteiger partial charge is 0.311 e. The first-order valence-corrected chi connectivity index (χ1v) is 7.59. The Hall–Kier alpha value is -0.670. The molecule has 1 rings (SSSR count). The van der Waals surface area contributed by atoms with Crippen molar-refractivity contribution in [3.05, 3.63) is 21.7 Å². The molecule has 0 aliphatic carbocycles. The molecule has 0 spiro atoms. The molecule has 0 atom stereocenters. The normalized spacial score (nSPS) is 13.4. The highest BCUT2D eigenvalue weighted by Gasteiger charge is 2.17. The molecule has 3 heteroatoms. The van der Waals surface area contributed by atoms with E-state index in [-0.39, 0.29) is 5.41 Å². The molecule has 102 valence electrons. The zero-order valence-electron chi connectivity index (χ0n) is 12.5. The summed E-state index contributed by atoms with van der Waals surface area (Å²) in [6.07, 6.45) is 3.29. The smallest absolute Gasteiger partial charge is 0.0985 e. The minimum atomic E-state index is 0.152. The summed E-state index contributed by atoms with van der Waals surface area (Å²) in [6.45, 7) is 14.1. The average Bonchev–Trinajstić information content (AvgIpc) is 2.71. The van der Waals surface area contributed by atoms with Crippen LogP contribution < -0.4 is 5.32 Å². The van der Waals surface area contributed by atoms with Crippen LogP contribution in [0.25, 0.3) is 6.08 Å². The van der Waals surface area contributed by atoms with Crippen LogP contribution in [0.3, 0.4) is 0 Å². The molecule has 0 amide bonds. The van der Waals surface area contributed by atoms with Gasteiger partial charge in [0.15, 0.2) is 0 Å². The van der Waals surface area contributed by atoms with Gasteiger partial charge in [0.1, 0.15) is 0 Å². The molecular weight excluding hydrogens is 240 g/mol. The number of thiazole rings is 1. The van der Waals surface area contributed by atoms with Crippen molar-refractivity contribution in [1.82, 2.24) is 10.3 Å². The van der Waals surface area contributed by atoms with Crippen LogP contribution in [0, 0.1) is 0 Å². The third-order valence-electron chi connectivity index (χ3n) is 2.71. The number of nitrogens with one attached hydrogen (secondary N) is 1. The summed E-state index contributed by atoms with van der Waals surface area (Å²) in [7, 11) is 0. The van der Waals surface area contributed by atoms with Crippen LogP contribution in [0.15, 0.2) is 11.0 Å². The number of rotatable bonds is 5. The Balaban J connectivity index is 2.76. The Kier molecular flexibility index (Phi) is 5.54. The van der Waals surface area contributed by atoms with Crippen molar-refractivity contribution in [3.63, 3.8) is 0 Å². The maximum absolute atomic E-state index is 4.71. The van der Waals surface area contributed by atoms with Gasteiger partial charge in [0, 0.05) is 23.4 Å². The van der Waals surface area contributed by atoms with Crippen molar-refractivity contribution in [2.45, 2.75) is 59.4 Å². The van der Waals surface area contributed by atoms with E-state index in [1.54, 1.807) is 11.3 Å². The summed E-state index contributed by atoms with van der Waals surface area (Å²) in [5.41, 5.74) is 2.67. The van der Waals surface area contributed by atoms with Gasteiger partial charge in [-0.3, -0.25) is 0 Å². The zero-order chi connectivity index (χ0) is 13.8. The molecule has 1 aromatic rings. The first kappa shape index (κ1) is 15.4. The molecular formula is C15H26N2S. The SMILES string of the molecule is CCC(=Cc1csc(C(C)(C)C)n1)CNC(C)C. The van der Waals surface area contributed by atoms with Crippen LogP contribution in [0.5, 0.6) is 0 Å². The molecule has 1 aromatic heterocycles. The molecule has 0 radical (unpaired) electrons. The minimum Gasteiger partial charge on any atom is -0.311 e. The van der Waals surface area contributed by atoms with E-state index in [0.29, 0.717) is 6.04 Å². The van der Waals surface area contributed by atoms with E-state index in [1.165, 1.54) is 10.6 Å². The van der Waals surface area contributed by atoms with Crippen molar-refractivity contribution < 1.29 is 0 Å². The molecule has 2 nitrogen and oxygen atoms in total. The van der Waals surface area contributed by atoms with E-state index >= 15 is 0 Å². The minimum absolute atomic E-state index is 0.152. The van der Waals surface area contributed by atoms with Crippen LogP contribution in [0.4, 0.5) is 0 Å². The molecule has 0 bridgehead atoms. The lowest BCUT2D eigenvalue weighted by Gasteiger charge is -2.13. The Morgan fingerprint density at radius 2 is 2.11 bits per heavy atom. The van der Waals surface area contributed by atoms with E-state index in [2.05, 4.69) is 58.3 Å². The predicted molar refractivity (Wildman–Crippen MR) is 82.2 cm³/mol. The lowest BCUT2D eigenvalue weighted by atomic mass is 9.98. The monoisotopic (exact) mass is 266 g/mol. The van der Waals surface area contributed by atoms with Gasteiger partial charge in [0.25, 0.3) is 0 Å². The summed E-state index contributed by atoms with van der Waals surface area (Å²) in [4.78, 5) is 4.71. The van der Waals surface area contributed by atoms with Crippen LogP contribution in [-0.2, 0) is 5.41 Å². The fourth-order valence-corrected chi connectivity index (χ4v) is 2.38. The van der Waals surface area contributed by atoms with E-state index in [4.69, 9.17) is 4.98 Å². The van der Waals surface area contributed by atoms with Crippen molar-refractivity contribution in [2.75, 3.05) is 6.54 Å². The van der Waals surface area contributed by atoms with Gasteiger partial charge in [0.05, 0.1) is 10.7 Å². The topological polar surface area (TPSA) is 24.9 Å². The number of aromatic nitrogens is 1. The lowest BCUT2D eigenvalue weighted by Crippen LogP contribution is -2.24. The number of hydrogen-bond donors (Lipinski definition) is 1. The quantitative estimate of drug-likeness (QED) is 0.862. The fourth-order valence-electron chi connectivity index (χ4n) is 1.52. The molecule has 1 N–H and O–H groups in total. The van der Waals surface area contributed by atoms with Gasteiger partial charge >= 0.3 is 0 Å². The molecule has 0 aliphatic heterocycles. The first-order chi connectivity index (χ1) is 8.32. The van der Waals surface area contributed by atoms with E-state index in [9.17, 15) is 0 Å². The maximum Gasteiger partial charge on any atom is 0.0985 e. The van der Waals surface area contributed by atoms with Gasteiger partial charge in [-0.2, -0.15) is 0 Å². The number of nitrogens with zero attached hydrogens (tertiary/aromatic N) is 1. The Bertz CT molecular complexity index is 397. The summed E-state index contributed by atoms with van der Waals surface area (Å²) < 4.78 is 0. The van der Waals surface area contributed by atoms with Gasteiger partial charge in [-0.05, 0) is 12.5 Å². The summed E-state index contributed by atoms with van der Waals surface area (Å²) in [6, 6.07) is 0.528. The summed E-state index contributed by atoms with van der Waals surface area (Å²) >= 11 is 1.76. The molecule has 1 heterocycles. The van der Waals surface area contributed by atoms with Crippen molar-refractivity contribution in [2.24, 2.45) is 0 Å². The van der Waals surface area contributed by atoms with Gasteiger partial charge in [0.2, 0.25) is 0 Å². The molecule has 0 aliphatic rings. The summed E-state index contributed by atoms with van der Waals surface area (Å²) in [5.74, 6) is 0. The van der Waals surface area contributed by atoms with Crippen LogP contribution in [-0.4, -0.2) is 17.6 Å². The average molecular weight is 266 g/mol. The second-order valence-electron chi connectivity index (χ2n) is 6.02. The van der Waals surface area contributed by atoms with Gasteiger partial charge in [-0.1, -0.05) is 47.1 Å².